The van der Waals surface area contributed by atoms with Crippen molar-refractivity contribution < 1.29 is 19.4 Å². The molecule has 0 aromatic carbocycles. The number of carboxylic acid groups (broad SMARTS) is 1. The molecule has 18 heavy (non-hydrogen) atoms. The first-order chi connectivity index (χ1) is 8.63. The minimum absolute atomic E-state index is 0.370. The number of aliphatic carboxylic acids is 1. The number of carboxylic acids is 1. The number of carbonyl (C=O) groups excluding carboxylic acids is 1. The molecule has 4 heteroatoms. The molecule has 0 heterocycles. The van der Waals surface area contributed by atoms with Crippen LogP contribution in [-0.4, -0.2) is 17.0 Å². The van der Waals surface area contributed by atoms with Gasteiger partial charge in [-0.25, -0.2) is 0 Å². The van der Waals surface area contributed by atoms with Gasteiger partial charge in [-0.3, -0.25) is 9.59 Å². The third-order valence-electron chi connectivity index (χ3n) is 3.70. The van der Waals surface area contributed by atoms with Crippen LogP contribution in [0.15, 0.2) is 12.8 Å². The molecule has 0 unspecified atom stereocenters. The second-order valence-corrected chi connectivity index (χ2v) is 4.93. The van der Waals surface area contributed by atoms with Crippen molar-refractivity contribution in [2.75, 3.05) is 0 Å². The van der Waals surface area contributed by atoms with Crippen LogP contribution in [0.3, 0.4) is 0 Å². The van der Waals surface area contributed by atoms with Gasteiger partial charge < -0.3 is 9.84 Å². The summed E-state index contributed by atoms with van der Waals surface area (Å²) in [6, 6.07) is 0. The van der Waals surface area contributed by atoms with Gasteiger partial charge in [0.2, 0.25) is 0 Å². The van der Waals surface area contributed by atoms with Crippen LogP contribution >= 0.6 is 0 Å². The molecule has 4 nitrogen and oxygen atoms in total. The molecule has 1 rings (SSSR count). The number of hydrogen-bond acceptors (Lipinski definition) is 3. The van der Waals surface area contributed by atoms with Gasteiger partial charge in [-0.2, -0.15) is 0 Å². The lowest BCUT2D eigenvalue weighted by Gasteiger charge is -2.27. The molecular formula is C14H22O4. The highest BCUT2D eigenvalue weighted by Crippen LogP contribution is 2.35. The van der Waals surface area contributed by atoms with Gasteiger partial charge in [0.05, 0.1) is 6.26 Å². The minimum Gasteiger partial charge on any atom is -0.480 e. The fraction of sp³-hybridized carbons (Fsp3) is 0.714. The average Bonchev–Trinajstić information content (AvgIpc) is 2.35. The van der Waals surface area contributed by atoms with Crippen LogP contribution in [0.5, 0.6) is 0 Å². The Morgan fingerprint density at radius 1 is 1.00 bits per heavy atom. The van der Waals surface area contributed by atoms with Crippen molar-refractivity contribution in [1.82, 2.24) is 0 Å². The normalized spacial score (nSPS) is 20.7. The summed E-state index contributed by atoms with van der Waals surface area (Å²) in [7, 11) is 0. The van der Waals surface area contributed by atoms with Crippen molar-refractivity contribution in [2.45, 2.75) is 57.8 Å². The molecule has 1 aliphatic carbocycles. The first-order valence-corrected chi connectivity index (χ1v) is 6.69. The Morgan fingerprint density at radius 2 is 1.44 bits per heavy atom. The summed E-state index contributed by atoms with van der Waals surface area (Å²) in [4.78, 5) is 23.5. The summed E-state index contributed by atoms with van der Waals surface area (Å²) in [5, 5.41) is 9.43. The van der Waals surface area contributed by atoms with Gasteiger partial charge in [0.25, 0.3) is 0 Å². The second kappa shape index (κ2) is 7.19. The molecule has 0 atom stereocenters. The van der Waals surface area contributed by atoms with Gasteiger partial charge in [-0.05, 0) is 12.8 Å². The van der Waals surface area contributed by atoms with Crippen LogP contribution in [0.25, 0.3) is 0 Å². The minimum atomic E-state index is -1.37. The molecule has 1 fully saturated rings. The largest absolute Gasteiger partial charge is 0.480 e. The van der Waals surface area contributed by atoms with E-state index in [2.05, 4.69) is 6.58 Å². The van der Waals surface area contributed by atoms with Crippen molar-refractivity contribution in [3.8, 4) is 0 Å². The molecule has 1 N–H and O–H groups in total. The standard InChI is InChI=1S/C14H22O4/c1-2-18-13(17)14(12(15)16)10-8-6-4-3-5-7-9-11-14/h2H,1,3-11H2,(H,15,16). The molecule has 102 valence electrons. The van der Waals surface area contributed by atoms with Crippen LogP contribution < -0.4 is 0 Å². The summed E-state index contributed by atoms with van der Waals surface area (Å²) >= 11 is 0. The maximum atomic E-state index is 12.0. The summed E-state index contributed by atoms with van der Waals surface area (Å²) in [5.74, 6) is -1.72. The third-order valence-corrected chi connectivity index (χ3v) is 3.70. The number of carbonyl (C=O) groups is 2. The van der Waals surface area contributed by atoms with E-state index in [0.717, 1.165) is 44.8 Å². The number of rotatable bonds is 3. The summed E-state index contributed by atoms with van der Waals surface area (Å²) in [6.07, 6.45) is 8.69. The molecule has 0 saturated heterocycles. The van der Waals surface area contributed by atoms with Gasteiger partial charge in [0, 0.05) is 0 Å². The molecule has 0 aromatic heterocycles. The van der Waals surface area contributed by atoms with E-state index >= 15 is 0 Å². The van der Waals surface area contributed by atoms with E-state index in [1.54, 1.807) is 0 Å². The van der Waals surface area contributed by atoms with Gasteiger partial charge in [-0.15, -0.1) is 0 Å². The molecule has 0 radical (unpaired) electrons. The third kappa shape index (κ3) is 3.59. The van der Waals surface area contributed by atoms with Crippen LogP contribution in [0.4, 0.5) is 0 Å². The van der Waals surface area contributed by atoms with Crippen molar-refractivity contribution in [3.63, 3.8) is 0 Å². The summed E-state index contributed by atoms with van der Waals surface area (Å²) in [5.41, 5.74) is -1.37. The van der Waals surface area contributed by atoms with Crippen molar-refractivity contribution >= 4 is 11.9 Å². The lowest BCUT2D eigenvalue weighted by Crippen LogP contribution is -2.40. The quantitative estimate of drug-likeness (QED) is 0.477. The zero-order chi connectivity index (χ0) is 13.4. The molecule has 1 saturated carbocycles. The van der Waals surface area contributed by atoms with Crippen molar-refractivity contribution in [3.05, 3.63) is 12.8 Å². The zero-order valence-corrected chi connectivity index (χ0v) is 10.8. The van der Waals surface area contributed by atoms with Gasteiger partial charge >= 0.3 is 11.9 Å². The lowest BCUT2D eigenvalue weighted by molar-refractivity contribution is -0.166. The van der Waals surface area contributed by atoms with Crippen LogP contribution in [0.1, 0.15) is 57.8 Å². The average molecular weight is 254 g/mol. The fourth-order valence-electron chi connectivity index (χ4n) is 2.56. The van der Waals surface area contributed by atoms with E-state index in [4.69, 9.17) is 4.74 Å². The van der Waals surface area contributed by atoms with E-state index in [0.29, 0.717) is 12.8 Å². The predicted molar refractivity (Wildman–Crippen MR) is 67.9 cm³/mol. The molecule has 0 aliphatic heterocycles. The van der Waals surface area contributed by atoms with E-state index in [-0.39, 0.29) is 0 Å². The number of hydrogen-bond donors (Lipinski definition) is 1. The monoisotopic (exact) mass is 254 g/mol. The Morgan fingerprint density at radius 3 is 1.83 bits per heavy atom. The second-order valence-electron chi connectivity index (χ2n) is 4.93. The van der Waals surface area contributed by atoms with Crippen molar-refractivity contribution in [1.29, 1.82) is 0 Å². The van der Waals surface area contributed by atoms with Crippen molar-refractivity contribution in [2.24, 2.45) is 5.41 Å². The summed E-state index contributed by atoms with van der Waals surface area (Å²) < 4.78 is 4.76. The number of esters is 1. The Bertz CT molecular complexity index is 299. The summed E-state index contributed by atoms with van der Waals surface area (Å²) in [6.45, 7) is 3.33. The Labute approximate surface area is 108 Å². The van der Waals surface area contributed by atoms with E-state index in [9.17, 15) is 14.7 Å². The topological polar surface area (TPSA) is 63.6 Å². The van der Waals surface area contributed by atoms with E-state index in [1.165, 1.54) is 6.42 Å². The fourth-order valence-corrected chi connectivity index (χ4v) is 2.56. The molecule has 0 aromatic rings. The Hall–Kier alpha value is -1.32. The molecule has 0 bridgehead atoms. The van der Waals surface area contributed by atoms with Gasteiger partial charge in [0.1, 0.15) is 0 Å². The Kier molecular flexibility index (Phi) is 5.89. The van der Waals surface area contributed by atoms with Crippen LogP contribution in [0.2, 0.25) is 0 Å². The first-order valence-electron chi connectivity index (χ1n) is 6.69. The van der Waals surface area contributed by atoms with Gasteiger partial charge in [0.15, 0.2) is 5.41 Å². The Balaban J connectivity index is 2.84. The first kappa shape index (κ1) is 14.7. The molecular weight excluding hydrogens is 232 g/mol. The SMILES string of the molecule is C=COC(=O)C1(C(=O)O)CCCCCCCCC1. The highest BCUT2D eigenvalue weighted by atomic mass is 16.5. The van der Waals surface area contributed by atoms with E-state index < -0.39 is 17.4 Å². The molecule has 0 spiro atoms. The van der Waals surface area contributed by atoms with Crippen LogP contribution in [0, 0.1) is 5.41 Å². The van der Waals surface area contributed by atoms with Crippen LogP contribution in [-0.2, 0) is 14.3 Å². The highest BCUT2D eigenvalue weighted by Gasteiger charge is 2.46. The predicted octanol–water partition coefficient (Wildman–Crippen LogP) is 3.27. The maximum Gasteiger partial charge on any atom is 0.328 e. The highest BCUT2D eigenvalue weighted by molar-refractivity contribution is 5.99. The number of ether oxygens (including phenoxy) is 1. The van der Waals surface area contributed by atoms with E-state index in [1.807, 2.05) is 0 Å². The zero-order valence-electron chi connectivity index (χ0n) is 10.8. The molecule has 1 aliphatic rings. The molecule has 0 amide bonds. The lowest BCUT2D eigenvalue weighted by atomic mass is 9.77. The maximum absolute atomic E-state index is 12.0. The van der Waals surface area contributed by atoms with Gasteiger partial charge in [-0.1, -0.05) is 51.5 Å². The smallest absolute Gasteiger partial charge is 0.328 e.